The predicted molar refractivity (Wildman–Crippen MR) is 124 cm³/mol. The molecule has 8 heteroatoms. The number of hydrogen-bond donors (Lipinski definition) is 2. The van der Waals surface area contributed by atoms with Gasteiger partial charge in [0.1, 0.15) is 5.82 Å². The van der Waals surface area contributed by atoms with Crippen LogP contribution in [0.1, 0.15) is 28.4 Å². The molecule has 0 bridgehead atoms. The summed E-state index contributed by atoms with van der Waals surface area (Å²) >= 11 is 0. The largest absolute Gasteiger partial charge is 0.490 e. The second-order valence-corrected chi connectivity index (χ2v) is 7.05. The topological polar surface area (TPSA) is 89.0 Å². The van der Waals surface area contributed by atoms with Gasteiger partial charge in [-0.3, -0.25) is 9.59 Å². The fraction of sp³-hybridized carbons (Fsp3) is 0.160. The Morgan fingerprint density at radius 2 is 1.70 bits per heavy atom. The molecule has 0 radical (unpaired) electrons. The Bertz CT molecular complexity index is 1130. The van der Waals surface area contributed by atoms with Crippen molar-refractivity contribution in [2.75, 3.05) is 18.5 Å². The van der Waals surface area contributed by atoms with E-state index in [1.807, 2.05) is 38.1 Å². The maximum Gasteiger partial charge on any atom is 0.271 e. The van der Waals surface area contributed by atoms with E-state index in [1.54, 1.807) is 18.2 Å². The molecule has 170 valence electrons. The van der Waals surface area contributed by atoms with Crippen LogP contribution in [0.2, 0.25) is 0 Å². The van der Waals surface area contributed by atoms with Crippen molar-refractivity contribution in [3.8, 4) is 11.5 Å². The van der Waals surface area contributed by atoms with E-state index in [9.17, 15) is 14.0 Å². The number of nitrogens with one attached hydrogen (secondary N) is 2. The first kappa shape index (κ1) is 23.5. The molecule has 3 aromatic carbocycles. The van der Waals surface area contributed by atoms with Crippen LogP contribution in [0.5, 0.6) is 11.5 Å². The van der Waals surface area contributed by atoms with E-state index < -0.39 is 11.7 Å². The van der Waals surface area contributed by atoms with Crippen LogP contribution in [-0.4, -0.2) is 31.2 Å². The molecule has 33 heavy (non-hydrogen) atoms. The number of anilines is 1. The van der Waals surface area contributed by atoms with Crippen molar-refractivity contribution in [2.24, 2.45) is 5.10 Å². The number of amides is 2. The normalized spacial score (nSPS) is 10.6. The number of hydrazone groups is 1. The molecule has 0 aromatic heterocycles. The van der Waals surface area contributed by atoms with E-state index in [0.29, 0.717) is 29.4 Å². The third-order valence-electron chi connectivity index (χ3n) is 4.45. The van der Waals surface area contributed by atoms with Gasteiger partial charge in [0.25, 0.3) is 11.8 Å². The van der Waals surface area contributed by atoms with Crippen LogP contribution >= 0.6 is 0 Å². The number of hydrogen-bond acceptors (Lipinski definition) is 5. The first-order chi connectivity index (χ1) is 15.9. The van der Waals surface area contributed by atoms with Crippen molar-refractivity contribution in [1.82, 2.24) is 5.43 Å². The molecule has 0 saturated heterocycles. The maximum absolute atomic E-state index is 13.0. The van der Waals surface area contributed by atoms with Crippen LogP contribution in [0.4, 0.5) is 10.1 Å². The minimum atomic E-state index is -0.462. The summed E-state index contributed by atoms with van der Waals surface area (Å²) in [5.41, 5.74) is 5.11. The number of rotatable bonds is 9. The molecule has 0 heterocycles. The van der Waals surface area contributed by atoms with E-state index in [4.69, 9.17) is 9.47 Å². The Labute approximate surface area is 191 Å². The van der Waals surface area contributed by atoms with Crippen molar-refractivity contribution in [3.05, 3.63) is 89.2 Å². The summed E-state index contributed by atoms with van der Waals surface area (Å²) in [6.45, 7) is 4.01. The van der Waals surface area contributed by atoms with E-state index >= 15 is 0 Å². The number of halogens is 1. The Morgan fingerprint density at radius 1 is 0.970 bits per heavy atom. The minimum absolute atomic E-state index is 0.185. The Morgan fingerprint density at radius 3 is 2.39 bits per heavy atom. The van der Waals surface area contributed by atoms with Crippen molar-refractivity contribution in [2.45, 2.75) is 13.8 Å². The molecule has 0 fully saturated rings. The van der Waals surface area contributed by atoms with Gasteiger partial charge in [-0.15, -0.1) is 0 Å². The van der Waals surface area contributed by atoms with Crippen LogP contribution in [-0.2, 0) is 4.79 Å². The zero-order chi connectivity index (χ0) is 23.6. The lowest BCUT2D eigenvalue weighted by Gasteiger charge is -2.12. The molecule has 0 spiro atoms. The molecule has 0 unspecified atom stereocenters. The smallest absolute Gasteiger partial charge is 0.271 e. The molecular weight excluding hydrogens is 425 g/mol. The molecule has 3 aromatic rings. The summed E-state index contributed by atoms with van der Waals surface area (Å²) in [7, 11) is 0. The van der Waals surface area contributed by atoms with Gasteiger partial charge in [-0.1, -0.05) is 17.7 Å². The third kappa shape index (κ3) is 7.17. The summed E-state index contributed by atoms with van der Waals surface area (Å²) in [6.07, 6.45) is 1.44. The first-order valence-electron chi connectivity index (χ1n) is 10.3. The lowest BCUT2D eigenvalue weighted by atomic mass is 10.2. The molecule has 0 aliphatic rings. The monoisotopic (exact) mass is 449 g/mol. The summed E-state index contributed by atoms with van der Waals surface area (Å²) in [4.78, 5) is 24.2. The van der Waals surface area contributed by atoms with Crippen LogP contribution in [0, 0.1) is 12.7 Å². The lowest BCUT2D eigenvalue weighted by Crippen LogP contribution is -2.20. The highest BCUT2D eigenvalue weighted by Crippen LogP contribution is 2.28. The second kappa shape index (κ2) is 11.4. The zero-order valence-corrected chi connectivity index (χ0v) is 18.3. The van der Waals surface area contributed by atoms with Gasteiger partial charge in [0.2, 0.25) is 0 Å². The average Bonchev–Trinajstić information content (AvgIpc) is 2.80. The number of benzene rings is 3. The molecule has 7 nitrogen and oxygen atoms in total. The van der Waals surface area contributed by atoms with Crippen LogP contribution in [0.15, 0.2) is 71.8 Å². The quantitative estimate of drug-likeness (QED) is 0.376. The van der Waals surface area contributed by atoms with Crippen LogP contribution in [0.25, 0.3) is 0 Å². The molecule has 0 atom stereocenters. The summed E-state index contributed by atoms with van der Waals surface area (Å²) in [5.74, 6) is -0.336. The van der Waals surface area contributed by atoms with E-state index in [0.717, 1.165) is 5.56 Å². The third-order valence-corrected chi connectivity index (χ3v) is 4.45. The van der Waals surface area contributed by atoms with E-state index in [2.05, 4.69) is 15.8 Å². The molecular formula is C25H24FN3O4. The fourth-order valence-electron chi connectivity index (χ4n) is 2.80. The number of carbonyl (C=O) groups is 2. The zero-order valence-electron chi connectivity index (χ0n) is 18.3. The summed E-state index contributed by atoms with van der Waals surface area (Å²) in [6, 6.07) is 17.7. The number of aryl methyl sites for hydroxylation is 1. The first-order valence-corrected chi connectivity index (χ1v) is 10.3. The minimum Gasteiger partial charge on any atom is -0.490 e. The van der Waals surface area contributed by atoms with Gasteiger partial charge < -0.3 is 14.8 Å². The van der Waals surface area contributed by atoms with Crippen molar-refractivity contribution in [1.29, 1.82) is 0 Å². The number of carbonyl (C=O) groups excluding carboxylic acids is 2. The lowest BCUT2D eigenvalue weighted by molar-refractivity contribution is -0.118. The molecule has 3 rings (SSSR count). The molecule has 2 N–H and O–H groups in total. The SMILES string of the molecule is CCOc1cc(/C=N\NC(=O)c2ccc(F)cc2)ccc1OCC(=O)Nc1ccc(C)cc1. The van der Waals surface area contributed by atoms with Gasteiger partial charge >= 0.3 is 0 Å². The van der Waals surface area contributed by atoms with Gasteiger partial charge in [-0.25, -0.2) is 9.82 Å². The van der Waals surface area contributed by atoms with E-state index in [-0.39, 0.29) is 18.1 Å². The van der Waals surface area contributed by atoms with Crippen molar-refractivity contribution < 1.29 is 23.5 Å². The second-order valence-electron chi connectivity index (χ2n) is 7.05. The Hall–Kier alpha value is -4.20. The standard InChI is InChI=1S/C25H24FN3O4/c1-3-32-23-14-18(15-27-29-25(31)19-7-9-20(26)10-8-19)6-13-22(23)33-16-24(30)28-21-11-4-17(2)5-12-21/h4-15H,3,16H2,1-2H3,(H,28,30)(H,29,31)/b27-15-. The van der Waals surface area contributed by atoms with Gasteiger partial charge in [-0.2, -0.15) is 5.10 Å². The summed E-state index contributed by atoms with van der Waals surface area (Å²) in [5, 5.41) is 6.69. The Balaban J connectivity index is 1.59. The van der Waals surface area contributed by atoms with Crippen LogP contribution < -0.4 is 20.2 Å². The highest BCUT2D eigenvalue weighted by molar-refractivity contribution is 5.95. The molecule has 2 amide bonds. The molecule has 0 aliphatic carbocycles. The molecule has 0 aliphatic heterocycles. The van der Waals surface area contributed by atoms with Crippen LogP contribution in [0.3, 0.4) is 0 Å². The Kier molecular flexibility index (Phi) is 8.13. The van der Waals surface area contributed by atoms with Gasteiger partial charge in [0.05, 0.1) is 12.8 Å². The number of nitrogens with zero attached hydrogens (tertiary/aromatic N) is 1. The number of ether oxygens (including phenoxy) is 2. The highest BCUT2D eigenvalue weighted by Gasteiger charge is 2.10. The summed E-state index contributed by atoms with van der Waals surface area (Å²) < 4.78 is 24.2. The fourth-order valence-corrected chi connectivity index (χ4v) is 2.80. The van der Waals surface area contributed by atoms with Crippen molar-refractivity contribution in [3.63, 3.8) is 0 Å². The average molecular weight is 449 g/mol. The maximum atomic E-state index is 13.0. The van der Waals surface area contributed by atoms with Gasteiger partial charge in [0, 0.05) is 11.3 Å². The molecule has 0 saturated carbocycles. The predicted octanol–water partition coefficient (Wildman–Crippen LogP) is 4.31. The van der Waals surface area contributed by atoms with E-state index in [1.165, 1.54) is 30.5 Å². The van der Waals surface area contributed by atoms with Gasteiger partial charge in [-0.05, 0) is 74.0 Å². The van der Waals surface area contributed by atoms with Crippen molar-refractivity contribution >= 4 is 23.7 Å². The highest BCUT2D eigenvalue weighted by atomic mass is 19.1. The van der Waals surface area contributed by atoms with Gasteiger partial charge in [0.15, 0.2) is 18.1 Å².